The molecule has 1 saturated heterocycles. The zero-order valence-corrected chi connectivity index (χ0v) is 8.94. The Bertz CT molecular complexity index is 178. The van der Waals surface area contributed by atoms with E-state index in [1.165, 1.54) is 0 Å². The maximum absolute atomic E-state index is 12.5. The van der Waals surface area contributed by atoms with E-state index in [0.29, 0.717) is 19.6 Å². The summed E-state index contributed by atoms with van der Waals surface area (Å²) in [5.41, 5.74) is 0. The van der Waals surface area contributed by atoms with Crippen molar-refractivity contribution >= 4 is 0 Å². The Balaban J connectivity index is 2.30. The third-order valence-electron chi connectivity index (χ3n) is 2.65. The van der Waals surface area contributed by atoms with E-state index in [-0.39, 0.29) is 12.5 Å². The van der Waals surface area contributed by atoms with Gasteiger partial charge in [0, 0.05) is 6.61 Å². The van der Waals surface area contributed by atoms with Crippen molar-refractivity contribution in [3.8, 4) is 0 Å². The molecule has 0 radical (unpaired) electrons. The van der Waals surface area contributed by atoms with Crippen LogP contribution in [-0.2, 0) is 4.74 Å². The second kappa shape index (κ2) is 5.70. The van der Waals surface area contributed by atoms with Gasteiger partial charge in [-0.3, -0.25) is 0 Å². The van der Waals surface area contributed by atoms with E-state index in [1.807, 2.05) is 0 Å². The van der Waals surface area contributed by atoms with Gasteiger partial charge in [0.15, 0.2) is 0 Å². The van der Waals surface area contributed by atoms with Crippen LogP contribution in [0.2, 0.25) is 0 Å². The second-order valence-electron chi connectivity index (χ2n) is 3.86. The molecular formula is C10H18F3NO. The van der Waals surface area contributed by atoms with Crippen LogP contribution in [0.4, 0.5) is 13.2 Å². The van der Waals surface area contributed by atoms with E-state index in [9.17, 15) is 13.2 Å². The number of nitrogens with one attached hydrogen (secondary N) is 1. The molecule has 2 unspecified atom stereocenters. The van der Waals surface area contributed by atoms with Crippen LogP contribution in [-0.4, -0.2) is 31.5 Å². The zero-order valence-electron chi connectivity index (χ0n) is 8.94. The molecule has 0 aliphatic carbocycles. The van der Waals surface area contributed by atoms with Crippen LogP contribution in [0.3, 0.4) is 0 Å². The minimum absolute atomic E-state index is 0.0357. The molecule has 2 atom stereocenters. The zero-order chi connectivity index (χ0) is 11.3. The Labute approximate surface area is 88.2 Å². The van der Waals surface area contributed by atoms with Crippen LogP contribution in [0.1, 0.15) is 32.6 Å². The van der Waals surface area contributed by atoms with E-state index < -0.39 is 12.2 Å². The summed E-state index contributed by atoms with van der Waals surface area (Å²) in [7, 11) is 0. The molecule has 1 fully saturated rings. The lowest BCUT2D eigenvalue weighted by molar-refractivity contribution is -0.158. The van der Waals surface area contributed by atoms with E-state index in [4.69, 9.17) is 4.74 Å². The highest BCUT2D eigenvalue weighted by Gasteiger charge is 2.38. The molecule has 15 heavy (non-hydrogen) atoms. The van der Waals surface area contributed by atoms with Crippen molar-refractivity contribution < 1.29 is 17.9 Å². The molecule has 0 aromatic rings. The summed E-state index contributed by atoms with van der Waals surface area (Å²) in [6.07, 6.45) is -1.62. The predicted octanol–water partition coefficient (Wildman–Crippen LogP) is 2.49. The highest BCUT2D eigenvalue weighted by atomic mass is 19.4. The van der Waals surface area contributed by atoms with Gasteiger partial charge in [-0.2, -0.15) is 13.2 Å². The molecule has 1 rings (SSSR count). The van der Waals surface area contributed by atoms with E-state index in [1.54, 1.807) is 6.92 Å². The first-order valence-corrected chi connectivity index (χ1v) is 5.45. The molecule has 5 heteroatoms. The lowest BCUT2D eigenvalue weighted by Gasteiger charge is -2.22. The van der Waals surface area contributed by atoms with Crippen LogP contribution in [0.15, 0.2) is 0 Å². The first-order chi connectivity index (χ1) is 7.04. The minimum atomic E-state index is -4.14. The van der Waals surface area contributed by atoms with Gasteiger partial charge in [-0.1, -0.05) is 6.92 Å². The van der Waals surface area contributed by atoms with E-state index >= 15 is 0 Å². The fraction of sp³-hybridized carbons (Fsp3) is 1.00. The summed E-state index contributed by atoms with van der Waals surface area (Å²) in [6.45, 7) is 2.73. The second-order valence-corrected chi connectivity index (χ2v) is 3.86. The molecule has 0 aromatic carbocycles. The summed E-state index contributed by atoms with van der Waals surface area (Å²) in [5.74, 6) is 0. The normalized spacial score (nSPS) is 24.4. The number of rotatable bonds is 5. The van der Waals surface area contributed by atoms with Gasteiger partial charge in [-0.15, -0.1) is 0 Å². The molecular weight excluding hydrogens is 207 g/mol. The molecule has 1 aliphatic heterocycles. The smallest absolute Gasteiger partial charge is 0.378 e. The van der Waals surface area contributed by atoms with Crippen molar-refractivity contribution in [3.05, 3.63) is 0 Å². The standard InChI is InChI=1S/C10H18F3NO/c1-2-14-9(10(11,12)13)6-5-8-4-3-7-15-8/h8-9,14H,2-7H2,1H3. The van der Waals surface area contributed by atoms with Crippen LogP contribution >= 0.6 is 0 Å². The number of ether oxygens (including phenoxy) is 1. The predicted molar refractivity (Wildman–Crippen MR) is 51.7 cm³/mol. The Morgan fingerprint density at radius 2 is 2.20 bits per heavy atom. The van der Waals surface area contributed by atoms with E-state index in [0.717, 1.165) is 12.8 Å². The molecule has 0 spiro atoms. The average molecular weight is 225 g/mol. The molecule has 1 aliphatic rings. The monoisotopic (exact) mass is 225 g/mol. The largest absolute Gasteiger partial charge is 0.403 e. The molecule has 0 aromatic heterocycles. The van der Waals surface area contributed by atoms with Gasteiger partial charge in [0.25, 0.3) is 0 Å². The Hall–Kier alpha value is -0.290. The van der Waals surface area contributed by atoms with Crippen LogP contribution in [0.25, 0.3) is 0 Å². The summed E-state index contributed by atoms with van der Waals surface area (Å²) >= 11 is 0. The average Bonchev–Trinajstić information content (AvgIpc) is 2.62. The molecule has 0 amide bonds. The Morgan fingerprint density at radius 3 is 2.67 bits per heavy atom. The SMILES string of the molecule is CCNC(CCC1CCCO1)C(F)(F)F. The number of alkyl halides is 3. The molecule has 1 heterocycles. The highest BCUT2D eigenvalue weighted by Crippen LogP contribution is 2.26. The van der Waals surface area contributed by atoms with Gasteiger partial charge >= 0.3 is 6.18 Å². The fourth-order valence-electron chi connectivity index (χ4n) is 1.85. The third-order valence-corrected chi connectivity index (χ3v) is 2.65. The summed E-state index contributed by atoms with van der Waals surface area (Å²) in [6, 6.07) is -1.38. The van der Waals surface area contributed by atoms with Gasteiger partial charge in [0.1, 0.15) is 6.04 Å². The van der Waals surface area contributed by atoms with Crippen molar-refractivity contribution in [1.82, 2.24) is 5.32 Å². The first-order valence-electron chi connectivity index (χ1n) is 5.45. The summed E-state index contributed by atoms with van der Waals surface area (Å²) < 4.78 is 42.7. The minimum Gasteiger partial charge on any atom is -0.378 e. The van der Waals surface area contributed by atoms with Gasteiger partial charge in [-0.25, -0.2) is 0 Å². The van der Waals surface area contributed by atoms with Crippen molar-refractivity contribution in [3.63, 3.8) is 0 Å². The lowest BCUT2D eigenvalue weighted by Crippen LogP contribution is -2.42. The van der Waals surface area contributed by atoms with Gasteiger partial charge in [0.05, 0.1) is 6.10 Å². The van der Waals surface area contributed by atoms with Crippen molar-refractivity contribution in [2.75, 3.05) is 13.2 Å². The van der Waals surface area contributed by atoms with Crippen molar-refractivity contribution in [2.45, 2.75) is 50.9 Å². The summed E-state index contributed by atoms with van der Waals surface area (Å²) in [5, 5.41) is 2.47. The summed E-state index contributed by atoms with van der Waals surface area (Å²) in [4.78, 5) is 0. The van der Waals surface area contributed by atoms with E-state index in [2.05, 4.69) is 5.32 Å². The first kappa shape index (κ1) is 12.8. The lowest BCUT2D eigenvalue weighted by atomic mass is 10.1. The molecule has 90 valence electrons. The van der Waals surface area contributed by atoms with Crippen molar-refractivity contribution in [2.24, 2.45) is 0 Å². The molecule has 0 saturated carbocycles. The van der Waals surface area contributed by atoms with Gasteiger partial charge in [-0.05, 0) is 32.2 Å². The Kier molecular flexibility index (Phi) is 4.86. The van der Waals surface area contributed by atoms with Crippen LogP contribution in [0, 0.1) is 0 Å². The van der Waals surface area contributed by atoms with Gasteiger partial charge in [0.2, 0.25) is 0 Å². The van der Waals surface area contributed by atoms with Gasteiger partial charge < -0.3 is 10.1 Å². The Morgan fingerprint density at radius 1 is 1.47 bits per heavy atom. The third kappa shape index (κ3) is 4.38. The quantitative estimate of drug-likeness (QED) is 0.776. The van der Waals surface area contributed by atoms with Crippen molar-refractivity contribution in [1.29, 1.82) is 0 Å². The maximum Gasteiger partial charge on any atom is 0.403 e. The number of halogens is 3. The molecule has 1 N–H and O–H groups in total. The van der Waals surface area contributed by atoms with Crippen LogP contribution in [0.5, 0.6) is 0 Å². The number of hydrogen-bond acceptors (Lipinski definition) is 2. The number of hydrogen-bond donors (Lipinski definition) is 1. The molecule has 0 bridgehead atoms. The topological polar surface area (TPSA) is 21.3 Å². The molecule has 2 nitrogen and oxygen atoms in total. The van der Waals surface area contributed by atoms with Crippen LogP contribution < -0.4 is 5.32 Å². The maximum atomic E-state index is 12.5. The highest BCUT2D eigenvalue weighted by molar-refractivity contribution is 4.77. The fourth-order valence-corrected chi connectivity index (χ4v) is 1.85.